The van der Waals surface area contributed by atoms with E-state index in [1.54, 1.807) is 6.07 Å². The molecule has 0 aliphatic rings. The standard InChI is InChI=1S/C14H13N3O3/c18-13(19)8-15-7-9-3-4-11-10(6-9)16-14(20)12-2-1-5-17(11)12/h1-6,15H,7-8H2,(H,16,20)(H,18,19). The summed E-state index contributed by atoms with van der Waals surface area (Å²) in [5.74, 6) is -0.895. The number of benzene rings is 1. The number of aliphatic carboxylic acids is 1. The van der Waals surface area contributed by atoms with Crippen molar-refractivity contribution in [3.8, 4) is 0 Å². The van der Waals surface area contributed by atoms with Gasteiger partial charge in [-0.1, -0.05) is 6.07 Å². The Morgan fingerprint density at radius 1 is 1.30 bits per heavy atom. The Morgan fingerprint density at radius 2 is 2.15 bits per heavy atom. The van der Waals surface area contributed by atoms with Crippen LogP contribution in [0, 0.1) is 0 Å². The van der Waals surface area contributed by atoms with Crippen LogP contribution in [-0.4, -0.2) is 27.0 Å². The first-order valence-electron chi connectivity index (χ1n) is 6.19. The summed E-state index contributed by atoms with van der Waals surface area (Å²) >= 11 is 0. The van der Waals surface area contributed by atoms with Crippen LogP contribution in [0.2, 0.25) is 0 Å². The summed E-state index contributed by atoms with van der Waals surface area (Å²) < 4.78 is 1.84. The van der Waals surface area contributed by atoms with Crippen molar-refractivity contribution in [2.75, 3.05) is 6.54 Å². The van der Waals surface area contributed by atoms with Crippen LogP contribution in [0.5, 0.6) is 0 Å². The molecular weight excluding hydrogens is 258 g/mol. The summed E-state index contributed by atoms with van der Waals surface area (Å²) in [6.45, 7) is 0.346. The van der Waals surface area contributed by atoms with Gasteiger partial charge in [-0.2, -0.15) is 0 Å². The maximum Gasteiger partial charge on any atom is 0.317 e. The van der Waals surface area contributed by atoms with Crippen LogP contribution >= 0.6 is 0 Å². The van der Waals surface area contributed by atoms with Crippen molar-refractivity contribution in [1.82, 2.24) is 14.7 Å². The van der Waals surface area contributed by atoms with Gasteiger partial charge in [-0.3, -0.25) is 9.59 Å². The topological polar surface area (TPSA) is 86.6 Å². The van der Waals surface area contributed by atoms with Gasteiger partial charge in [0, 0.05) is 12.7 Å². The van der Waals surface area contributed by atoms with Gasteiger partial charge in [0.15, 0.2) is 0 Å². The lowest BCUT2D eigenvalue weighted by molar-refractivity contribution is -0.135. The molecule has 2 aromatic heterocycles. The SMILES string of the molecule is O=C(O)CNCc1ccc2c(c1)[nH]c(=O)c1cccn12. The third kappa shape index (κ3) is 2.17. The average Bonchev–Trinajstić information content (AvgIpc) is 2.88. The Hall–Kier alpha value is -2.60. The highest BCUT2D eigenvalue weighted by Crippen LogP contribution is 2.14. The number of hydrogen-bond acceptors (Lipinski definition) is 3. The van der Waals surface area contributed by atoms with Crippen molar-refractivity contribution in [2.24, 2.45) is 0 Å². The van der Waals surface area contributed by atoms with Gasteiger partial charge in [-0.25, -0.2) is 0 Å². The van der Waals surface area contributed by atoms with Gasteiger partial charge in [-0.15, -0.1) is 0 Å². The largest absolute Gasteiger partial charge is 0.480 e. The lowest BCUT2D eigenvalue weighted by Crippen LogP contribution is -2.21. The highest BCUT2D eigenvalue weighted by atomic mass is 16.4. The Morgan fingerprint density at radius 3 is 2.95 bits per heavy atom. The van der Waals surface area contributed by atoms with Gasteiger partial charge >= 0.3 is 5.97 Å². The summed E-state index contributed by atoms with van der Waals surface area (Å²) in [4.78, 5) is 25.2. The first-order valence-corrected chi connectivity index (χ1v) is 6.19. The number of H-pyrrole nitrogens is 1. The summed E-state index contributed by atoms with van der Waals surface area (Å²) in [5.41, 5.74) is 3.02. The zero-order valence-corrected chi connectivity index (χ0v) is 10.6. The Balaban J connectivity index is 2.01. The minimum Gasteiger partial charge on any atom is -0.480 e. The molecule has 0 amide bonds. The molecule has 0 fully saturated rings. The van der Waals surface area contributed by atoms with Crippen molar-refractivity contribution in [3.63, 3.8) is 0 Å². The number of hydrogen-bond donors (Lipinski definition) is 3. The number of fused-ring (bicyclic) bond motifs is 3. The minimum atomic E-state index is -0.895. The lowest BCUT2D eigenvalue weighted by atomic mass is 10.2. The van der Waals surface area contributed by atoms with Crippen LogP contribution in [-0.2, 0) is 11.3 Å². The molecule has 20 heavy (non-hydrogen) atoms. The summed E-state index contributed by atoms with van der Waals surface area (Å²) in [7, 11) is 0. The fraction of sp³-hybridized carbons (Fsp3) is 0.143. The summed E-state index contributed by atoms with van der Waals surface area (Å²) in [6, 6.07) is 9.27. The second-order valence-corrected chi connectivity index (χ2v) is 4.57. The first-order chi connectivity index (χ1) is 9.65. The molecule has 3 aromatic rings. The zero-order chi connectivity index (χ0) is 14.1. The highest BCUT2D eigenvalue weighted by Gasteiger charge is 2.05. The molecular formula is C14H13N3O3. The molecule has 0 saturated carbocycles. The van der Waals surface area contributed by atoms with Crippen molar-refractivity contribution >= 4 is 22.5 Å². The number of carbonyl (C=O) groups is 1. The predicted molar refractivity (Wildman–Crippen MR) is 74.9 cm³/mol. The van der Waals surface area contributed by atoms with Gasteiger partial charge in [-0.05, 0) is 29.8 Å². The first kappa shape index (κ1) is 12.4. The van der Waals surface area contributed by atoms with E-state index in [1.807, 2.05) is 34.9 Å². The molecule has 2 heterocycles. The van der Waals surface area contributed by atoms with E-state index in [0.717, 1.165) is 16.6 Å². The maximum atomic E-state index is 11.9. The van der Waals surface area contributed by atoms with Crippen LogP contribution in [0.3, 0.4) is 0 Å². The second-order valence-electron chi connectivity index (χ2n) is 4.57. The fourth-order valence-corrected chi connectivity index (χ4v) is 2.28. The van der Waals surface area contributed by atoms with Crippen LogP contribution < -0.4 is 10.9 Å². The van der Waals surface area contributed by atoms with E-state index in [2.05, 4.69) is 10.3 Å². The quantitative estimate of drug-likeness (QED) is 0.659. The van der Waals surface area contributed by atoms with Crippen LogP contribution in [0.15, 0.2) is 41.3 Å². The van der Waals surface area contributed by atoms with Crippen molar-refractivity contribution < 1.29 is 9.90 Å². The molecule has 0 aliphatic carbocycles. The third-order valence-corrected chi connectivity index (χ3v) is 3.16. The average molecular weight is 271 g/mol. The van der Waals surface area contributed by atoms with E-state index in [9.17, 15) is 9.59 Å². The molecule has 102 valence electrons. The number of carboxylic acids is 1. The highest BCUT2D eigenvalue weighted by molar-refractivity contribution is 5.79. The molecule has 0 spiro atoms. The summed E-state index contributed by atoms with van der Waals surface area (Å²) in [6.07, 6.45) is 1.84. The van der Waals surface area contributed by atoms with Gasteiger partial charge in [0.05, 0.1) is 17.6 Å². The number of nitrogens with zero attached hydrogens (tertiary/aromatic N) is 1. The predicted octanol–water partition coefficient (Wildman–Crippen LogP) is 0.955. The van der Waals surface area contributed by atoms with Crippen molar-refractivity contribution in [2.45, 2.75) is 6.54 Å². The van der Waals surface area contributed by atoms with Gasteiger partial charge in [0.25, 0.3) is 5.56 Å². The number of rotatable bonds is 4. The molecule has 0 radical (unpaired) electrons. The molecule has 6 heteroatoms. The van der Waals surface area contributed by atoms with Crippen LogP contribution in [0.1, 0.15) is 5.56 Å². The maximum absolute atomic E-state index is 11.9. The van der Waals surface area contributed by atoms with Gasteiger partial charge in [0.1, 0.15) is 5.52 Å². The Kier molecular flexibility index (Phi) is 3.00. The number of nitrogens with one attached hydrogen (secondary N) is 2. The summed E-state index contributed by atoms with van der Waals surface area (Å²) in [5, 5.41) is 11.4. The van der Waals surface area contributed by atoms with Crippen molar-refractivity contribution in [1.29, 1.82) is 0 Å². The van der Waals surface area contributed by atoms with Crippen LogP contribution in [0.4, 0.5) is 0 Å². The van der Waals surface area contributed by atoms with E-state index >= 15 is 0 Å². The van der Waals surface area contributed by atoms with Gasteiger partial charge < -0.3 is 19.8 Å². The molecule has 3 rings (SSSR count). The van der Waals surface area contributed by atoms with Crippen molar-refractivity contribution in [3.05, 3.63) is 52.4 Å². The number of aromatic amines is 1. The fourth-order valence-electron chi connectivity index (χ4n) is 2.28. The molecule has 3 N–H and O–H groups in total. The van der Waals surface area contributed by atoms with E-state index < -0.39 is 5.97 Å². The second kappa shape index (κ2) is 4.82. The number of aromatic nitrogens is 2. The smallest absolute Gasteiger partial charge is 0.317 e. The van der Waals surface area contributed by atoms with E-state index in [4.69, 9.17) is 5.11 Å². The molecule has 0 atom stereocenters. The van der Waals surface area contributed by atoms with Crippen LogP contribution in [0.25, 0.3) is 16.6 Å². The molecule has 1 aromatic carbocycles. The minimum absolute atomic E-state index is 0.0921. The lowest BCUT2D eigenvalue weighted by Gasteiger charge is -2.06. The van der Waals surface area contributed by atoms with E-state index in [1.165, 1.54) is 0 Å². The zero-order valence-electron chi connectivity index (χ0n) is 10.6. The molecule has 0 saturated heterocycles. The Labute approximate surface area is 113 Å². The van der Waals surface area contributed by atoms with E-state index in [-0.39, 0.29) is 12.1 Å². The molecule has 6 nitrogen and oxygen atoms in total. The monoisotopic (exact) mass is 271 g/mol. The number of carboxylic acid groups (broad SMARTS) is 1. The van der Waals surface area contributed by atoms with Gasteiger partial charge in [0.2, 0.25) is 0 Å². The third-order valence-electron chi connectivity index (χ3n) is 3.16. The molecule has 0 bridgehead atoms. The Bertz CT molecular complexity index is 848. The van der Waals surface area contributed by atoms with E-state index in [0.29, 0.717) is 12.1 Å². The molecule has 0 aliphatic heterocycles. The molecule has 0 unspecified atom stereocenters. The normalized spacial score (nSPS) is 11.2.